The fourth-order valence-corrected chi connectivity index (χ4v) is 3.41. The number of amides is 2. The van der Waals surface area contributed by atoms with Crippen molar-refractivity contribution in [2.24, 2.45) is 5.92 Å². The van der Waals surface area contributed by atoms with Crippen LogP contribution in [0.15, 0.2) is 30.3 Å². The number of benzene rings is 1. The third kappa shape index (κ3) is 4.03. The van der Waals surface area contributed by atoms with Gasteiger partial charge in [-0.05, 0) is 31.4 Å². The molecule has 5 heteroatoms. The highest BCUT2D eigenvalue weighted by molar-refractivity contribution is 5.79. The maximum Gasteiger partial charge on any atom is 0.415 e. The first-order chi connectivity index (χ1) is 11.2. The number of hydrogen-bond acceptors (Lipinski definition) is 3. The standard InChI is InChI=1S/C18H24N2O3/c21-17(15-7-4-5-8-15)19-11-6-12-20(14-13-19)18(22)23-16-9-2-1-3-10-16/h1-3,9-10,15H,4-8,11-14H2. The molecule has 2 fully saturated rings. The quantitative estimate of drug-likeness (QED) is 0.843. The van der Waals surface area contributed by atoms with Crippen molar-refractivity contribution in [2.75, 3.05) is 26.2 Å². The Morgan fingerprint density at radius 1 is 0.870 bits per heavy atom. The Hall–Kier alpha value is -2.04. The van der Waals surface area contributed by atoms with Gasteiger partial charge in [0.25, 0.3) is 0 Å². The number of para-hydroxylation sites is 1. The first-order valence-electron chi connectivity index (χ1n) is 8.54. The van der Waals surface area contributed by atoms with E-state index < -0.39 is 0 Å². The molecule has 0 unspecified atom stereocenters. The predicted molar refractivity (Wildman–Crippen MR) is 87.2 cm³/mol. The van der Waals surface area contributed by atoms with Crippen molar-refractivity contribution in [1.29, 1.82) is 0 Å². The summed E-state index contributed by atoms with van der Waals surface area (Å²) in [5.74, 6) is 1.04. The van der Waals surface area contributed by atoms with Crippen LogP contribution in [0.3, 0.4) is 0 Å². The summed E-state index contributed by atoms with van der Waals surface area (Å²) >= 11 is 0. The summed E-state index contributed by atoms with van der Waals surface area (Å²) in [7, 11) is 0. The van der Waals surface area contributed by atoms with Gasteiger partial charge in [-0.2, -0.15) is 0 Å². The van der Waals surface area contributed by atoms with E-state index in [-0.39, 0.29) is 17.9 Å². The molecular formula is C18H24N2O3. The van der Waals surface area contributed by atoms with Crippen molar-refractivity contribution in [3.8, 4) is 5.75 Å². The van der Waals surface area contributed by atoms with Gasteiger partial charge in [0.1, 0.15) is 5.75 Å². The Morgan fingerprint density at radius 2 is 1.52 bits per heavy atom. The summed E-state index contributed by atoms with van der Waals surface area (Å²) in [4.78, 5) is 28.4. The third-order valence-corrected chi connectivity index (χ3v) is 4.72. The van der Waals surface area contributed by atoms with Gasteiger partial charge in [-0.15, -0.1) is 0 Å². The van der Waals surface area contributed by atoms with Crippen LogP contribution in [0.1, 0.15) is 32.1 Å². The summed E-state index contributed by atoms with van der Waals surface area (Å²) in [6, 6.07) is 9.10. The van der Waals surface area contributed by atoms with E-state index in [0.29, 0.717) is 25.4 Å². The van der Waals surface area contributed by atoms with Gasteiger partial charge in [0.05, 0.1) is 0 Å². The minimum atomic E-state index is -0.327. The molecule has 2 amide bonds. The van der Waals surface area contributed by atoms with Gasteiger partial charge >= 0.3 is 6.09 Å². The normalized spacial score (nSPS) is 19.5. The van der Waals surface area contributed by atoms with Crippen molar-refractivity contribution in [3.05, 3.63) is 30.3 Å². The molecule has 1 heterocycles. The highest BCUT2D eigenvalue weighted by Gasteiger charge is 2.29. The summed E-state index contributed by atoms with van der Waals surface area (Å²) < 4.78 is 5.39. The molecule has 3 rings (SSSR count). The number of hydrogen-bond donors (Lipinski definition) is 0. The Morgan fingerprint density at radius 3 is 2.26 bits per heavy atom. The minimum absolute atomic E-state index is 0.206. The monoisotopic (exact) mass is 316 g/mol. The van der Waals surface area contributed by atoms with E-state index in [9.17, 15) is 9.59 Å². The van der Waals surface area contributed by atoms with Crippen molar-refractivity contribution in [1.82, 2.24) is 9.80 Å². The average molecular weight is 316 g/mol. The molecule has 0 bridgehead atoms. The Kier molecular flexibility index (Phi) is 5.16. The van der Waals surface area contributed by atoms with E-state index in [2.05, 4.69) is 0 Å². The van der Waals surface area contributed by atoms with Gasteiger partial charge in [0.15, 0.2) is 0 Å². The lowest BCUT2D eigenvalue weighted by Crippen LogP contribution is -2.40. The molecule has 1 aromatic carbocycles. The van der Waals surface area contributed by atoms with Crippen molar-refractivity contribution >= 4 is 12.0 Å². The summed E-state index contributed by atoms with van der Waals surface area (Å²) in [6.07, 6.45) is 4.86. The molecule has 0 N–H and O–H groups in total. The number of carbonyl (C=O) groups excluding carboxylic acids is 2. The fourth-order valence-electron chi connectivity index (χ4n) is 3.41. The second-order valence-electron chi connectivity index (χ2n) is 6.33. The number of carbonyl (C=O) groups is 2. The Labute approximate surface area is 137 Å². The molecule has 0 radical (unpaired) electrons. The first kappa shape index (κ1) is 15.8. The molecule has 1 aliphatic heterocycles. The van der Waals surface area contributed by atoms with Gasteiger partial charge in [-0.1, -0.05) is 31.0 Å². The van der Waals surface area contributed by atoms with E-state index in [1.165, 1.54) is 12.8 Å². The molecule has 2 aliphatic rings. The number of rotatable bonds is 2. The van der Waals surface area contributed by atoms with Gasteiger partial charge < -0.3 is 14.5 Å². The van der Waals surface area contributed by atoms with Crippen molar-refractivity contribution in [2.45, 2.75) is 32.1 Å². The average Bonchev–Trinajstić information content (AvgIpc) is 2.99. The molecule has 1 aromatic rings. The van der Waals surface area contributed by atoms with Gasteiger partial charge in [-0.3, -0.25) is 4.79 Å². The second kappa shape index (κ2) is 7.49. The highest BCUT2D eigenvalue weighted by atomic mass is 16.6. The lowest BCUT2D eigenvalue weighted by molar-refractivity contribution is -0.135. The first-order valence-corrected chi connectivity index (χ1v) is 8.54. The van der Waals surface area contributed by atoms with Gasteiger partial charge in [-0.25, -0.2) is 4.79 Å². The maximum absolute atomic E-state index is 12.5. The van der Waals surface area contributed by atoms with Crippen LogP contribution in [-0.2, 0) is 4.79 Å². The van der Waals surface area contributed by atoms with Crippen LogP contribution in [0.2, 0.25) is 0 Å². The molecule has 1 saturated heterocycles. The summed E-state index contributed by atoms with van der Waals surface area (Å²) in [6.45, 7) is 2.54. The minimum Gasteiger partial charge on any atom is -0.410 e. The van der Waals surface area contributed by atoms with Crippen LogP contribution >= 0.6 is 0 Å². The molecular weight excluding hydrogens is 292 g/mol. The van der Waals surface area contributed by atoms with Crippen LogP contribution in [0, 0.1) is 5.92 Å². The molecule has 0 spiro atoms. The van der Waals surface area contributed by atoms with E-state index >= 15 is 0 Å². The van der Waals surface area contributed by atoms with Crippen molar-refractivity contribution in [3.63, 3.8) is 0 Å². The van der Waals surface area contributed by atoms with Crippen LogP contribution in [0.4, 0.5) is 4.79 Å². The SMILES string of the molecule is O=C(Oc1ccccc1)N1CCCN(C(=O)C2CCCC2)CC1. The second-order valence-corrected chi connectivity index (χ2v) is 6.33. The topological polar surface area (TPSA) is 49.9 Å². The Bertz CT molecular complexity index is 540. The van der Waals surface area contributed by atoms with E-state index in [4.69, 9.17) is 4.74 Å². The van der Waals surface area contributed by atoms with E-state index in [0.717, 1.165) is 25.8 Å². The lowest BCUT2D eigenvalue weighted by Gasteiger charge is -2.24. The summed E-state index contributed by atoms with van der Waals surface area (Å²) in [5.41, 5.74) is 0. The van der Waals surface area contributed by atoms with E-state index in [1.54, 1.807) is 17.0 Å². The van der Waals surface area contributed by atoms with Crippen LogP contribution in [0.5, 0.6) is 5.75 Å². The zero-order valence-corrected chi connectivity index (χ0v) is 13.4. The van der Waals surface area contributed by atoms with E-state index in [1.807, 2.05) is 23.1 Å². The lowest BCUT2D eigenvalue weighted by atomic mass is 10.1. The maximum atomic E-state index is 12.5. The zero-order chi connectivity index (χ0) is 16.1. The molecule has 124 valence electrons. The van der Waals surface area contributed by atoms with Crippen LogP contribution in [-0.4, -0.2) is 48.0 Å². The Balaban J connectivity index is 1.53. The molecule has 0 aromatic heterocycles. The molecule has 1 aliphatic carbocycles. The molecule has 1 saturated carbocycles. The molecule has 0 atom stereocenters. The van der Waals surface area contributed by atoms with Crippen LogP contribution in [0.25, 0.3) is 0 Å². The van der Waals surface area contributed by atoms with Crippen molar-refractivity contribution < 1.29 is 14.3 Å². The number of ether oxygens (including phenoxy) is 1. The predicted octanol–water partition coefficient (Wildman–Crippen LogP) is 2.91. The van der Waals surface area contributed by atoms with Gasteiger partial charge in [0.2, 0.25) is 5.91 Å². The largest absolute Gasteiger partial charge is 0.415 e. The molecule has 5 nitrogen and oxygen atoms in total. The van der Waals surface area contributed by atoms with Crippen LogP contribution < -0.4 is 4.74 Å². The van der Waals surface area contributed by atoms with Gasteiger partial charge in [0, 0.05) is 32.1 Å². The highest BCUT2D eigenvalue weighted by Crippen LogP contribution is 2.27. The third-order valence-electron chi connectivity index (χ3n) is 4.72. The number of nitrogens with zero attached hydrogens (tertiary/aromatic N) is 2. The summed E-state index contributed by atoms with van der Waals surface area (Å²) in [5, 5.41) is 0. The molecule has 23 heavy (non-hydrogen) atoms. The zero-order valence-electron chi connectivity index (χ0n) is 13.4. The smallest absolute Gasteiger partial charge is 0.410 e. The fraction of sp³-hybridized carbons (Fsp3) is 0.556.